The van der Waals surface area contributed by atoms with Crippen molar-refractivity contribution < 1.29 is 9.90 Å². The van der Waals surface area contributed by atoms with Crippen LogP contribution in [0.15, 0.2) is 12.4 Å². The van der Waals surface area contributed by atoms with E-state index in [4.69, 9.17) is 5.11 Å². The van der Waals surface area contributed by atoms with Crippen LogP contribution in [-0.2, 0) is 0 Å². The molecule has 2 N–H and O–H groups in total. The molecular formula is C11H18N4O2. The van der Waals surface area contributed by atoms with Crippen LogP contribution in [0.1, 0.15) is 23.8 Å². The molecule has 6 heteroatoms. The molecule has 1 aromatic heterocycles. The standard InChI is InChI=1S/C11H18N4O2/c1-3-4-15(5-6-16)11(17)9-7-13-8-10(12-2)14-9/h7-8,16H,3-6H2,1-2H3,(H,12,14). The fourth-order valence-corrected chi connectivity index (χ4v) is 1.46. The van der Waals surface area contributed by atoms with Gasteiger partial charge in [-0.1, -0.05) is 6.92 Å². The van der Waals surface area contributed by atoms with Gasteiger partial charge in [0, 0.05) is 20.1 Å². The van der Waals surface area contributed by atoms with Crippen molar-refractivity contribution in [1.82, 2.24) is 14.9 Å². The molecule has 0 fully saturated rings. The molecule has 1 amide bonds. The molecule has 17 heavy (non-hydrogen) atoms. The van der Waals surface area contributed by atoms with Gasteiger partial charge in [0.15, 0.2) is 0 Å². The zero-order valence-corrected chi connectivity index (χ0v) is 10.2. The Hall–Kier alpha value is -1.69. The van der Waals surface area contributed by atoms with Crippen LogP contribution in [0.3, 0.4) is 0 Å². The number of carbonyl (C=O) groups excluding carboxylic acids is 1. The molecule has 0 saturated carbocycles. The normalized spacial score (nSPS) is 10.1. The molecule has 0 radical (unpaired) electrons. The number of hydrogen-bond acceptors (Lipinski definition) is 5. The van der Waals surface area contributed by atoms with Crippen LogP contribution < -0.4 is 5.32 Å². The van der Waals surface area contributed by atoms with E-state index in [0.29, 0.717) is 24.6 Å². The maximum Gasteiger partial charge on any atom is 0.274 e. The highest BCUT2D eigenvalue weighted by Gasteiger charge is 2.16. The van der Waals surface area contributed by atoms with E-state index in [2.05, 4.69) is 15.3 Å². The number of nitrogens with one attached hydrogen (secondary N) is 1. The Morgan fingerprint density at radius 1 is 1.47 bits per heavy atom. The number of carbonyl (C=O) groups is 1. The number of nitrogens with zero attached hydrogens (tertiary/aromatic N) is 3. The van der Waals surface area contributed by atoms with Gasteiger partial charge in [0.2, 0.25) is 0 Å². The molecule has 0 atom stereocenters. The van der Waals surface area contributed by atoms with E-state index in [-0.39, 0.29) is 12.5 Å². The summed E-state index contributed by atoms with van der Waals surface area (Å²) >= 11 is 0. The van der Waals surface area contributed by atoms with Crippen LogP contribution in [0, 0.1) is 0 Å². The maximum atomic E-state index is 12.1. The first-order valence-electron chi connectivity index (χ1n) is 5.62. The Balaban J connectivity index is 2.84. The molecule has 6 nitrogen and oxygen atoms in total. The second kappa shape index (κ2) is 6.80. The predicted molar refractivity (Wildman–Crippen MR) is 64.9 cm³/mol. The summed E-state index contributed by atoms with van der Waals surface area (Å²) in [5, 5.41) is 11.7. The molecule has 94 valence electrons. The van der Waals surface area contributed by atoms with E-state index in [0.717, 1.165) is 6.42 Å². The Morgan fingerprint density at radius 2 is 2.24 bits per heavy atom. The third-order valence-corrected chi connectivity index (χ3v) is 2.26. The van der Waals surface area contributed by atoms with Crippen molar-refractivity contribution in [2.24, 2.45) is 0 Å². The zero-order chi connectivity index (χ0) is 12.7. The van der Waals surface area contributed by atoms with Crippen LogP contribution in [-0.4, -0.2) is 52.6 Å². The SMILES string of the molecule is CCCN(CCO)C(=O)c1cncc(NC)n1. The smallest absolute Gasteiger partial charge is 0.274 e. The van der Waals surface area contributed by atoms with Crippen LogP contribution in [0.25, 0.3) is 0 Å². The molecule has 0 spiro atoms. The second-order valence-electron chi connectivity index (χ2n) is 3.56. The Bertz CT molecular complexity index is 364. The van der Waals surface area contributed by atoms with E-state index in [1.165, 1.54) is 6.20 Å². The average Bonchev–Trinajstić information content (AvgIpc) is 2.38. The van der Waals surface area contributed by atoms with E-state index in [1.54, 1.807) is 18.1 Å². The molecule has 1 heterocycles. The van der Waals surface area contributed by atoms with E-state index in [1.807, 2.05) is 6.92 Å². The quantitative estimate of drug-likeness (QED) is 0.748. The molecule has 0 unspecified atom stereocenters. The summed E-state index contributed by atoms with van der Waals surface area (Å²) in [5.41, 5.74) is 0.291. The average molecular weight is 238 g/mol. The van der Waals surface area contributed by atoms with Gasteiger partial charge < -0.3 is 15.3 Å². The maximum absolute atomic E-state index is 12.1. The van der Waals surface area contributed by atoms with Crippen molar-refractivity contribution in [3.8, 4) is 0 Å². The van der Waals surface area contributed by atoms with E-state index >= 15 is 0 Å². The van der Waals surface area contributed by atoms with Crippen molar-refractivity contribution in [2.45, 2.75) is 13.3 Å². The van der Waals surface area contributed by atoms with Gasteiger partial charge in [-0.25, -0.2) is 4.98 Å². The minimum atomic E-state index is -0.203. The molecule has 0 saturated heterocycles. The summed E-state index contributed by atoms with van der Waals surface area (Å²) in [6.07, 6.45) is 3.82. The molecule has 0 bridgehead atoms. The van der Waals surface area contributed by atoms with E-state index in [9.17, 15) is 4.79 Å². The number of aromatic nitrogens is 2. The van der Waals surface area contributed by atoms with Crippen molar-refractivity contribution in [3.05, 3.63) is 18.1 Å². The summed E-state index contributed by atoms with van der Waals surface area (Å²) in [6, 6.07) is 0. The molecule has 1 aromatic rings. The lowest BCUT2D eigenvalue weighted by atomic mass is 10.3. The number of rotatable bonds is 6. The van der Waals surface area contributed by atoms with Crippen molar-refractivity contribution in [2.75, 3.05) is 32.1 Å². The Morgan fingerprint density at radius 3 is 2.82 bits per heavy atom. The van der Waals surface area contributed by atoms with Gasteiger partial charge >= 0.3 is 0 Å². The largest absolute Gasteiger partial charge is 0.395 e. The summed E-state index contributed by atoms with van der Waals surface area (Å²) in [4.78, 5) is 21.7. The summed E-state index contributed by atoms with van der Waals surface area (Å²) in [5.74, 6) is 0.349. The lowest BCUT2D eigenvalue weighted by molar-refractivity contribution is 0.0716. The van der Waals surface area contributed by atoms with Gasteiger partial charge in [-0.2, -0.15) is 0 Å². The summed E-state index contributed by atoms with van der Waals surface area (Å²) < 4.78 is 0. The first-order valence-corrected chi connectivity index (χ1v) is 5.62. The minimum absolute atomic E-state index is 0.0507. The van der Waals surface area contributed by atoms with Gasteiger partial charge in [-0.05, 0) is 6.42 Å². The van der Waals surface area contributed by atoms with Gasteiger partial charge in [0.1, 0.15) is 11.5 Å². The predicted octanol–water partition coefficient (Wildman–Crippen LogP) is 0.363. The van der Waals surface area contributed by atoms with Crippen LogP contribution in [0.2, 0.25) is 0 Å². The lowest BCUT2D eigenvalue weighted by Gasteiger charge is -2.20. The molecular weight excluding hydrogens is 220 g/mol. The first kappa shape index (κ1) is 13.4. The number of aliphatic hydroxyl groups is 1. The lowest BCUT2D eigenvalue weighted by Crippen LogP contribution is -2.34. The van der Waals surface area contributed by atoms with E-state index < -0.39 is 0 Å². The molecule has 0 aromatic carbocycles. The molecule has 0 aliphatic carbocycles. The van der Waals surface area contributed by atoms with Crippen molar-refractivity contribution in [3.63, 3.8) is 0 Å². The number of anilines is 1. The van der Waals surface area contributed by atoms with Crippen molar-refractivity contribution >= 4 is 11.7 Å². The Labute approximate surface area is 101 Å². The highest BCUT2D eigenvalue weighted by molar-refractivity contribution is 5.92. The molecule has 0 aliphatic heterocycles. The number of aliphatic hydroxyl groups excluding tert-OH is 1. The zero-order valence-electron chi connectivity index (χ0n) is 10.2. The molecule has 1 rings (SSSR count). The monoisotopic (exact) mass is 238 g/mol. The highest BCUT2D eigenvalue weighted by atomic mass is 16.3. The summed E-state index contributed by atoms with van der Waals surface area (Å²) in [7, 11) is 1.72. The van der Waals surface area contributed by atoms with Crippen molar-refractivity contribution in [1.29, 1.82) is 0 Å². The number of hydrogen-bond donors (Lipinski definition) is 2. The topological polar surface area (TPSA) is 78.3 Å². The minimum Gasteiger partial charge on any atom is -0.395 e. The van der Waals surface area contributed by atoms with Crippen LogP contribution in [0.4, 0.5) is 5.82 Å². The highest BCUT2D eigenvalue weighted by Crippen LogP contribution is 2.05. The van der Waals surface area contributed by atoms with Gasteiger partial charge in [0.05, 0.1) is 19.0 Å². The molecule has 0 aliphatic rings. The fourth-order valence-electron chi connectivity index (χ4n) is 1.46. The van der Waals surface area contributed by atoms with Crippen LogP contribution >= 0.6 is 0 Å². The third-order valence-electron chi connectivity index (χ3n) is 2.26. The van der Waals surface area contributed by atoms with Gasteiger partial charge in [-0.3, -0.25) is 9.78 Å². The number of amides is 1. The third kappa shape index (κ3) is 3.67. The van der Waals surface area contributed by atoms with Gasteiger partial charge in [0.25, 0.3) is 5.91 Å². The summed E-state index contributed by atoms with van der Waals surface area (Å²) in [6.45, 7) is 2.85. The van der Waals surface area contributed by atoms with Gasteiger partial charge in [-0.15, -0.1) is 0 Å². The fraction of sp³-hybridized carbons (Fsp3) is 0.545. The Kier molecular flexibility index (Phi) is 5.35. The first-order chi connectivity index (χ1) is 8.22. The second-order valence-corrected chi connectivity index (χ2v) is 3.56. The van der Waals surface area contributed by atoms with Crippen LogP contribution in [0.5, 0.6) is 0 Å².